The van der Waals surface area contributed by atoms with Gasteiger partial charge in [-0.1, -0.05) is 11.2 Å². The lowest BCUT2D eigenvalue weighted by atomic mass is 10.3. The molecule has 0 saturated heterocycles. The molecule has 2 rings (SSSR count). The first-order valence-electron chi connectivity index (χ1n) is 4.50. The smallest absolute Gasteiger partial charge is 0.338 e. The molecule has 16 heavy (non-hydrogen) atoms. The third-order valence-electron chi connectivity index (χ3n) is 1.98. The molecule has 0 amide bonds. The second kappa shape index (κ2) is 4.28. The molecule has 2 aromatic rings. The first-order chi connectivity index (χ1) is 7.68. The average Bonchev–Trinajstić information content (AvgIpc) is 2.83. The summed E-state index contributed by atoms with van der Waals surface area (Å²) >= 11 is 1.54. The summed E-state index contributed by atoms with van der Waals surface area (Å²) in [7, 11) is 0. The molecule has 0 N–H and O–H groups in total. The van der Waals surface area contributed by atoms with Crippen molar-refractivity contribution in [3.8, 4) is 0 Å². The second-order valence-corrected chi connectivity index (χ2v) is 4.07. The average molecular weight is 236 g/mol. The van der Waals surface area contributed by atoms with Gasteiger partial charge in [0.25, 0.3) is 0 Å². The van der Waals surface area contributed by atoms with Gasteiger partial charge in [-0.3, -0.25) is 10.1 Å². The van der Waals surface area contributed by atoms with E-state index in [1.54, 1.807) is 30.4 Å². The van der Waals surface area contributed by atoms with E-state index in [1.165, 1.54) is 0 Å². The topological polar surface area (TPSA) is 69.2 Å². The Morgan fingerprint density at radius 3 is 3.00 bits per heavy atom. The molecule has 6 heteroatoms. The fourth-order valence-electron chi connectivity index (χ4n) is 1.26. The number of hydrogen-bond acceptors (Lipinski definition) is 5. The van der Waals surface area contributed by atoms with Crippen LogP contribution in [-0.2, 0) is 0 Å². The Bertz CT molecular complexity index is 528. The van der Waals surface area contributed by atoms with Gasteiger partial charge in [-0.2, -0.15) is 0 Å². The van der Waals surface area contributed by atoms with Crippen molar-refractivity contribution in [2.75, 3.05) is 0 Å². The quantitative estimate of drug-likeness (QED) is 0.606. The van der Waals surface area contributed by atoms with Crippen molar-refractivity contribution in [1.82, 2.24) is 5.16 Å². The molecular weight excluding hydrogens is 228 g/mol. The second-order valence-electron chi connectivity index (χ2n) is 3.09. The highest BCUT2D eigenvalue weighted by molar-refractivity contribution is 7.10. The van der Waals surface area contributed by atoms with Gasteiger partial charge in [0.05, 0.1) is 4.92 Å². The molecule has 0 unspecified atom stereocenters. The third kappa shape index (κ3) is 2.01. The predicted molar refractivity (Wildman–Crippen MR) is 61.1 cm³/mol. The van der Waals surface area contributed by atoms with Gasteiger partial charge in [0.2, 0.25) is 5.76 Å². The summed E-state index contributed by atoms with van der Waals surface area (Å²) in [6.07, 6.45) is 3.32. The summed E-state index contributed by atoms with van der Waals surface area (Å²) in [6, 6.07) is 3.82. The molecule has 0 radical (unpaired) electrons. The maximum atomic E-state index is 10.7. The minimum atomic E-state index is -0.486. The minimum Gasteiger partial charge on any atom is -0.349 e. The van der Waals surface area contributed by atoms with Crippen molar-refractivity contribution in [2.45, 2.75) is 6.92 Å². The van der Waals surface area contributed by atoms with Crippen LogP contribution in [0.2, 0.25) is 0 Å². The standard InChI is InChI=1S/C10H8N2O3S/c1-7-10(12(13)14)9(15-11-7)5-4-8-3-2-6-16-8/h2-6H,1H3/b5-4-. The summed E-state index contributed by atoms with van der Waals surface area (Å²) in [6.45, 7) is 1.55. The van der Waals surface area contributed by atoms with Gasteiger partial charge >= 0.3 is 5.69 Å². The van der Waals surface area contributed by atoms with Crippen LogP contribution in [0.5, 0.6) is 0 Å². The van der Waals surface area contributed by atoms with Crippen molar-refractivity contribution >= 4 is 29.2 Å². The fourth-order valence-corrected chi connectivity index (χ4v) is 1.88. The van der Waals surface area contributed by atoms with Crippen LogP contribution in [0.4, 0.5) is 5.69 Å². The largest absolute Gasteiger partial charge is 0.349 e. The molecule has 82 valence electrons. The molecule has 0 aliphatic carbocycles. The molecule has 0 saturated carbocycles. The number of rotatable bonds is 3. The Labute approximate surface area is 95.2 Å². The Balaban J connectivity index is 2.32. The number of nitrogens with zero attached hydrogens (tertiary/aromatic N) is 2. The Kier molecular flexibility index (Phi) is 2.82. The van der Waals surface area contributed by atoms with Gasteiger partial charge < -0.3 is 4.52 Å². The fraction of sp³-hybridized carbons (Fsp3) is 0.100. The van der Waals surface area contributed by atoms with E-state index in [9.17, 15) is 10.1 Å². The van der Waals surface area contributed by atoms with Crippen LogP contribution in [0.3, 0.4) is 0 Å². The lowest BCUT2D eigenvalue weighted by Crippen LogP contribution is -1.89. The van der Waals surface area contributed by atoms with Crippen molar-refractivity contribution in [2.24, 2.45) is 0 Å². The van der Waals surface area contributed by atoms with Crippen molar-refractivity contribution < 1.29 is 9.45 Å². The van der Waals surface area contributed by atoms with E-state index >= 15 is 0 Å². The number of nitro groups is 1. The minimum absolute atomic E-state index is 0.0761. The summed E-state index contributed by atoms with van der Waals surface area (Å²) in [5.74, 6) is 0.177. The van der Waals surface area contributed by atoms with Crippen LogP contribution in [-0.4, -0.2) is 10.1 Å². The number of thiophene rings is 1. The van der Waals surface area contributed by atoms with E-state index in [-0.39, 0.29) is 17.1 Å². The van der Waals surface area contributed by atoms with Crippen LogP contribution in [0.25, 0.3) is 12.2 Å². The molecule has 0 spiro atoms. The van der Waals surface area contributed by atoms with Crippen LogP contribution < -0.4 is 0 Å². The molecule has 0 bridgehead atoms. The van der Waals surface area contributed by atoms with E-state index < -0.39 is 4.92 Å². The summed E-state index contributed by atoms with van der Waals surface area (Å²) < 4.78 is 4.88. The highest BCUT2D eigenvalue weighted by atomic mass is 32.1. The molecule has 0 aromatic carbocycles. The SMILES string of the molecule is Cc1noc(/C=C\c2cccs2)c1[N+](=O)[O-]. The predicted octanol–water partition coefficient (Wildman–Crippen LogP) is 3.12. The van der Waals surface area contributed by atoms with Crippen LogP contribution in [0.1, 0.15) is 16.3 Å². The Morgan fingerprint density at radius 1 is 1.56 bits per heavy atom. The molecule has 5 nitrogen and oxygen atoms in total. The van der Waals surface area contributed by atoms with Crippen LogP contribution in [0.15, 0.2) is 22.0 Å². The molecule has 0 atom stereocenters. The van der Waals surface area contributed by atoms with Gasteiger partial charge in [0.15, 0.2) is 5.69 Å². The lowest BCUT2D eigenvalue weighted by molar-refractivity contribution is -0.386. The molecule has 0 aliphatic rings. The van der Waals surface area contributed by atoms with Crippen molar-refractivity contribution in [1.29, 1.82) is 0 Å². The van der Waals surface area contributed by atoms with Crippen molar-refractivity contribution in [3.05, 3.63) is 44.0 Å². The first-order valence-corrected chi connectivity index (χ1v) is 5.38. The van der Waals surface area contributed by atoms with Gasteiger partial charge in [-0.05, 0) is 30.5 Å². The molecule has 0 fully saturated rings. The number of hydrogen-bond donors (Lipinski definition) is 0. The van der Waals surface area contributed by atoms with Gasteiger partial charge in [-0.25, -0.2) is 0 Å². The van der Waals surface area contributed by atoms with E-state index in [0.717, 1.165) is 4.88 Å². The Hall–Kier alpha value is -1.95. The normalized spacial score (nSPS) is 11.1. The summed E-state index contributed by atoms with van der Waals surface area (Å²) in [5.41, 5.74) is 0.212. The summed E-state index contributed by atoms with van der Waals surface area (Å²) in [5, 5.41) is 16.2. The van der Waals surface area contributed by atoms with E-state index in [2.05, 4.69) is 5.16 Å². The zero-order valence-electron chi connectivity index (χ0n) is 8.41. The number of aryl methyl sites for hydroxylation is 1. The van der Waals surface area contributed by atoms with Gasteiger partial charge in [0, 0.05) is 4.88 Å². The van der Waals surface area contributed by atoms with Crippen LogP contribution >= 0.6 is 11.3 Å². The molecular formula is C10H8N2O3S. The summed E-state index contributed by atoms with van der Waals surface area (Å²) in [4.78, 5) is 11.3. The maximum absolute atomic E-state index is 10.7. The molecule has 2 aromatic heterocycles. The zero-order valence-corrected chi connectivity index (χ0v) is 9.23. The maximum Gasteiger partial charge on any atom is 0.338 e. The zero-order chi connectivity index (χ0) is 11.5. The first kappa shape index (κ1) is 10.6. The van der Waals surface area contributed by atoms with Crippen LogP contribution in [0, 0.1) is 17.0 Å². The van der Waals surface area contributed by atoms with E-state index in [0.29, 0.717) is 0 Å². The van der Waals surface area contributed by atoms with Gasteiger partial charge in [-0.15, -0.1) is 11.3 Å². The van der Waals surface area contributed by atoms with E-state index in [4.69, 9.17) is 4.52 Å². The monoisotopic (exact) mass is 236 g/mol. The van der Waals surface area contributed by atoms with E-state index in [1.807, 2.05) is 17.5 Å². The highest BCUT2D eigenvalue weighted by Gasteiger charge is 2.21. The molecule has 2 heterocycles. The highest BCUT2D eigenvalue weighted by Crippen LogP contribution is 2.25. The molecule has 0 aliphatic heterocycles. The third-order valence-corrected chi connectivity index (χ3v) is 2.82. The van der Waals surface area contributed by atoms with Gasteiger partial charge in [0.1, 0.15) is 0 Å². The lowest BCUT2D eigenvalue weighted by Gasteiger charge is -1.87. The number of aromatic nitrogens is 1. The Morgan fingerprint density at radius 2 is 2.38 bits per heavy atom. The van der Waals surface area contributed by atoms with Crippen molar-refractivity contribution in [3.63, 3.8) is 0 Å².